The van der Waals surface area contributed by atoms with Crippen molar-refractivity contribution in [2.24, 2.45) is 28.6 Å². The fraction of sp³-hybridized carbons (Fsp3) is 0.595. The minimum Gasteiger partial charge on any atom is -0.454 e. The molecule has 0 unspecified atom stereocenters. The minimum absolute atomic E-state index is 0.00921. The maximum Gasteiger partial charge on any atom is 0.344 e. The van der Waals surface area contributed by atoms with Crippen LogP contribution in [0, 0.1) is 34.4 Å². The predicted octanol–water partition coefficient (Wildman–Crippen LogP) is 3.74. The average Bonchev–Trinajstić information content (AvgIpc) is 3.34. The van der Waals surface area contributed by atoms with Crippen LogP contribution in [0.2, 0.25) is 0 Å². The summed E-state index contributed by atoms with van der Waals surface area (Å²) in [5, 5.41) is 15.3. The maximum atomic E-state index is 15.3. The van der Waals surface area contributed by atoms with Gasteiger partial charge in [0.15, 0.2) is 12.4 Å². The Morgan fingerprint density at radius 3 is 2.56 bits per heavy atom. The Morgan fingerprint density at radius 1 is 1.08 bits per heavy atom. The van der Waals surface area contributed by atoms with Crippen molar-refractivity contribution in [2.45, 2.75) is 77.9 Å². The zero-order valence-corrected chi connectivity index (χ0v) is 27.9. The van der Waals surface area contributed by atoms with Crippen molar-refractivity contribution in [1.29, 1.82) is 0 Å². The second-order valence-corrected chi connectivity index (χ2v) is 15.0. The van der Waals surface area contributed by atoms with E-state index in [0.717, 1.165) is 31.1 Å². The zero-order chi connectivity index (χ0) is 34.2. The van der Waals surface area contributed by atoms with E-state index in [0.29, 0.717) is 56.5 Å². The summed E-state index contributed by atoms with van der Waals surface area (Å²) in [6, 6.07) is 2.80. The fourth-order valence-corrected chi connectivity index (χ4v) is 10.1. The standard InChI is InChI=1S/C37H44FN3O7/c1-4-40-19-25(33(45)24-16-27(38)29(17-28(24)40)41-13-11-39-12-14-41)34(46)48-20-31(44)37(47)10-8-26-23-6-5-21-15-22(42)7-9-35(21,2)32(23)30(43)18-36(26,37)3/h15-17,19,23,26,32,39,47H,4-14,18,20H2,1-3H3/t23-,26-,32+,35-,36-,37-/m0/s1. The highest BCUT2D eigenvalue weighted by Gasteiger charge is 2.68. The summed E-state index contributed by atoms with van der Waals surface area (Å²) >= 11 is 0. The lowest BCUT2D eigenvalue weighted by molar-refractivity contribution is -0.170. The second-order valence-electron chi connectivity index (χ2n) is 15.0. The van der Waals surface area contributed by atoms with Crippen molar-refractivity contribution in [3.8, 4) is 0 Å². The Labute approximate surface area is 278 Å². The van der Waals surface area contributed by atoms with E-state index >= 15 is 4.39 Å². The zero-order valence-electron chi connectivity index (χ0n) is 27.9. The summed E-state index contributed by atoms with van der Waals surface area (Å²) in [7, 11) is 0. The number of fused-ring (bicyclic) bond motifs is 6. The molecule has 2 N–H and O–H groups in total. The van der Waals surface area contributed by atoms with E-state index < -0.39 is 46.0 Å². The van der Waals surface area contributed by atoms with Gasteiger partial charge in [0, 0.05) is 68.5 Å². The molecule has 48 heavy (non-hydrogen) atoms. The van der Waals surface area contributed by atoms with Crippen LogP contribution < -0.4 is 15.6 Å². The van der Waals surface area contributed by atoms with Crippen molar-refractivity contribution >= 4 is 39.9 Å². The predicted molar refractivity (Wildman–Crippen MR) is 176 cm³/mol. The van der Waals surface area contributed by atoms with E-state index in [4.69, 9.17) is 4.74 Å². The SMILES string of the molecule is CCn1cc(C(=O)OCC(=O)[C@@]2(O)CC[C@H]3[C@@H]4CCC5=CC(=O)CC[C@]5(C)[C@H]4C(=O)C[C@@]32C)c(=O)c2cc(F)c(N3CCNCC3)cc21. The molecule has 0 radical (unpaired) electrons. The second kappa shape index (κ2) is 11.7. The Bertz CT molecular complexity index is 1830. The van der Waals surface area contributed by atoms with E-state index in [-0.39, 0.29) is 53.1 Å². The lowest BCUT2D eigenvalue weighted by Gasteiger charge is -2.57. The lowest BCUT2D eigenvalue weighted by atomic mass is 9.46. The Balaban J connectivity index is 1.11. The monoisotopic (exact) mass is 661 g/mol. The van der Waals surface area contributed by atoms with Gasteiger partial charge in [0.05, 0.1) is 11.2 Å². The minimum atomic E-state index is -1.88. The highest BCUT2D eigenvalue weighted by Crippen LogP contribution is 2.66. The molecule has 4 fully saturated rings. The number of pyridine rings is 1. The van der Waals surface area contributed by atoms with Gasteiger partial charge in [-0.1, -0.05) is 19.4 Å². The third-order valence-electron chi connectivity index (χ3n) is 12.8. The molecule has 10 nitrogen and oxygen atoms in total. The number of halogens is 1. The number of piperazine rings is 1. The summed E-state index contributed by atoms with van der Waals surface area (Å²) in [6.45, 7) is 8.06. The number of ketones is 3. The normalized spacial score (nSPS) is 33.1. The number of nitrogens with zero attached hydrogens (tertiary/aromatic N) is 2. The van der Waals surface area contributed by atoms with E-state index in [1.165, 1.54) is 6.20 Å². The van der Waals surface area contributed by atoms with E-state index in [1.807, 2.05) is 18.7 Å². The number of allylic oxidation sites excluding steroid dienone is 1. The van der Waals surface area contributed by atoms with Crippen LogP contribution in [0.25, 0.3) is 10.9 Å². The number of aromatic nitrogens is 1. The van der Waals surface area contributed by atoms with Gasteiger partial charge in [-0.3, -0.25) is 19.2 Å². The topological polar surface area (TPSA) is 135 Å². The number of hydrogen-bond acceptors (Lipinski definition) is 9. The van der Waals surface area contributed by atoms with Gasteiger partial charge in [0.2, 0.25) is 11.2 Å². The first-order valence-electron chi connectivity index (χ1n) is 17.3. The Morgan fingerprint density at radius 2 is 1.83 bits per heavy atom. The molecule has 0 amide bonds. The number of carbonyl (C=O) groups is 4. The van der Waals surface area contributed by atoms with Gasteiger partial charge >= 0.3 is 5.97 Å². The van der Waals surface area contributed by atoms with Crippen LogP contribution in [-0.4, -0.2) is 71.4 Å². The molecular formula is C37H44FN3O7. The van der Waals surface area contributed by atoms with Gasteiger partial charge in [-0.25, -0.2) is 9.18 Å². The van der Waals surface area contributed by atoms with E-state index in [1.54, 1.807) is 16.7 Å². The molecule has 0 bridgehead atoms. The first-order valence-corrected chi connectivity index (χ1v) is 17.3. The van der Waals surface area contributed by atoms with Crippen molar-refractivity contribution in [3.63, 3.8) is 0 Å². The number of nitrogens with one attached hydrogen (secondary N) is 1. The lowest BCUT2D eigenvalue weighted by Crippen LogP contribution is -2.61. The van der Waals surface area contributed by atoms with Crippen LogP contribution in [0.15, 0.2) is 34.8 Å². The third-order valence-corrected chi connectivity index (χ3v) is 12.8. The van der Waals surface area contributed by atoms with E-state index in [9.17, 15) is 29.1 Å². The van der Waals surface area contributed by atoms with Gasteiger partial charge in [0.25, 0.3) is 0 Å². The molecule has 6 atom stereocenters. The highest BCUT2D eigenvalue weighted by atomic mass is 19.1. The van der Waals surface area contributed by atoms with Crippen LogP contribution in [0.1, 0.15) is 76.1 Å². The summed E-state index contributed by atoms with van der Waals surface area (Å²) in [4.78, 5) is 68.6. The van der Waals surface area contributed by atoms with Gasteiger partial charge in [0.1, 0.15) is 22.8 Å². The smallest absolute Gasteiger partial charge is 0.344 e. The molecule has 1 saturated heterocycles. The Hall–Kier alpha value is -3.70. The number of hydrogen-bond donors (Lipinski definition) is 2. The molecule has 2 aromatic rings. The molecule has 2 heterocycles. The molecule has 1 aromatic carbocycles. The number of rotatable bonds is 6. The molecule has 1 aromatic heterocycles. The number of esters is 1. The van der Waals surface area contributed by atoms with Crippen LogP contribution in [0.5, 0.6) is 0 Å². The molecule has 0 spiro atoms. The molecular weight excluding hydrogens is 617 g/mol. The van der Waals surface area contributed by atoms with Crippen LogP contribution in [-0.2, 0) is 25.7 Å². The molecule has 1 aliphatic heterocycles. The summed E-state index contributed by atoms with van der Waals surface area (Å²) in [5.74, 6) is -2.53. The number of anilines is 1. The quantitative estimate of drug-likeness (QED) is 0.444. The molecule has 7 rings (SSSR count). The van der Waals surface area contributed by atoms with Gasteiger partial charge in [-0.2, -0.15) is 0 Å². The van der Waals surface area contributed by atoms with Crippen molar-refractivity contribution < 1.29 is 33.4 Å². The largest absolute Gasteiger partial charge is 0.454 e. The third kappa shape index (κ3) is 4.82. The molecule has 256 valence electrons. The van der Waals surface area contributed by atoms with Crippen LogP contribution >= 0.6 is 0 Å². The van der Waals surface area contributed by atoms with Crippen molar-refractivity contribution in [3.05, 3.63) is 51.6 Å². The average molecular weight is 662 g/mol. The first kappa shape index (κ1) is 32.8. The number of Topliss-reactive ketones (excluding diaryl/α,β-unsaturated/α-hetero) is 2. The summed E-state index contributed by atoms with van der Waals surface area (Å²) in [6.07, 6.45) is 6.32. The number of aryl methyl sites for hydroxylation is 1. The molecule has 4 aliphatic carbocycles. The summed E-state index contributed by atoms with van der Waals surface area (Å²) < 4.78 is 22.4. The van der Waals surface area contributed by atoms with Gasteiger partial charge in [-0.05, 0) is 74.5 Å². The first-order chi connectivity index (χ1) is 22.8. The van der Waals surface area contributed by atoms with Crippen LogP contribution in [0.3, 0.4) is 0 Å². The molecule has 5 aliphatic rings. The number of benzene rings is 1. The molecule has 11 heteroatoms. The van der Waals surface area contributed by atoms with Gasteiger partial charge in [-0.15, -0.1) is 0 Å². The maximum absolute atomic E-state index is 15.3. The Kier molecular flexibility index (Phi) is 8.02. The number of ether oxygens (including phenoxy) is 1. The van der Waals surface area contributed by atoms with E-state index in [2.05, 4.69) is 12.2 Å². The highest BCUT2D eigenvalue weighted by molar-refractivity contribution is 5.98. The number of aliphatic hydroxyl groups is 1. The summed E-state index contributed by atoms with van der Waals surface area (Å²) in [5.41, 5.74) is -2.40. The van der Waals surface area contributed by atoms with Crippen molar-refractivity contribution in [1.82, 2.24) is 9.88 Å². The van der Waals surface area contributed by atoms with Gasteiger partial charge < -0.3 is 24.6 Å². The molecule has 3 saturated carbocycles. The van der Waals surface area contributed by atoms with Crippen LogP contribution in [0.4, 0.5) is 10.1 Å². The fourth-order valence-electron chi connectivity index (χ4n) is 10.1. The van der Waals surface area contributed by atoms with Crippen molar-refractivity contribution in [2.75, 3.05) is 37.7 Å². The number of carbonyl (C=O) groups excluding carboxylic acids is 4.